The molecule has 4 nitrogen and oxygen atoms in total. The molecule has 1 heterocycles. The number of benzene rings is 1. The lowest BCUT2D eigenvalue weighted by molar-refractivity contribution is -0.120. The van der Waals surface area contributed by atoms with Crippen molar-refractivity contribution in [2.45, 2.75) is 30.4 Å². The fourth-order valence-electron chi connectivity index (χ4n) is 2.10. The Morgan fingerprint density at radius 2 is 2.10 bits per heavy atom. The largest absolute Gasteiger partial charge is 0.351 e. The molecule has 2 atom stereocenters. The maximum absolute atomic E-state index is 12.0. The predicted octanol–water partition coefficient (Wildman–Crippen LogP) is 1.61. The maximum Gasteiger partial charge on any atom is 0.233 e. The molecular weight excluding hydrogens is 294 g/mol. The smallest absolute Gasteiger partial charge is 0.233 e. The molecular formula is C14H19NO3S2. The zero-order valence-electron chi connectivity index (χ0n) is 11.4. The third-order valence-corrected chi connectivity index (χ3v) is 6.27. The highest BCUT2D eigenvalue weighted by Crippen LogP contribution is 2.18. The molecule has 1 aromatic rings. The quantitative estimate of drug-likeness (QED) is 0.897. The van der Waals surface area contributed by atoms with Gasteiger partial charge in [0.2, 0.25) is 5.91 Å². The monoisotopic (exact) mass is 313 g/mol. The molecule has 1 fully saturated rings. The fourth-order valence-corrected chi connectivity index (χ4v) is 4.63. The first kappa shape index (κ1) is 15.4. The molecule has 1 aliphatic rings. The van der Waals surface area contributed by atoms with Gasteiger partial charge in [-0.2, -0.15) is 0 Å². The van der Waals surface area contributed by atoms with Crippen molar-refractivity contribution in [3.63, 3.8) is 0 Å². The Kier molecular flexibility index (Phi) is 5.10. The van der Waals surface area contributed by atoms with E-state index < -0.39 is 9.84 Å². The lowest BCUT2D eigenvalue weighted by Gasteiger charge is -2.15. The van der Waals surface area contributed by atoms with Crippen molar-refractivity contribution in [2.75, 3.05) is 11.5 Å². The van der Waals surface area contributed by atoms with E-state index in [0.717, 1.165) is 5.75 Å². The molecule has 1 aromatic carbocycles. The Balaban J connectivity index is 1.78. The van der Waals surface area contributed by atoms with Gasteiger partial charge in [-0.25, -0.2) is 8.42 Å². The van der Waals surface area contributed by atoms with Gasteiger partial charge in [-0.15, -0.1) is 11.8 Å². The Hall–Kier alpha value is -1.01. The Bertz CT molecular complexity index is 557. The topological polar surface area (TPSA) is 63.2 Å². The highest BCUT2D eigenvalue weighted by molar-refractivity contribution is 7.99. The summed E-state index contributed by atoms with van der Waals surface area (Å²) in [6.07, 6.45) is 0.532. The molecule has 0 saturated carbocycles. The minimum Gasteiger partial charge on any atom is -0.351 e. The third-order valence-electron chi connectivity index (χ3n) is 3.29. The summed E-state index contributed by atoms with van der Waals surface area (Å²) < 4.78 is 22.7. The van der Waals surface area contributed by atoms with Crippen molar-refractivity contribution in [3.8, 4) is 0 Å². The lowest BCUT2D eigenvalue weighted by atomic mass is 10.2. The first-order chi connectivity index (χ1) is 9.46. The van der Waals surface area contributed by atoms with Gasteiger partial charge in [0.1, 0.15) is 0 Å². The third kappa shape index (κ3) is 4.52. The van der Waals surface area contributed by atoms with Crippen LogP contribution in [0.4, 0.5) is 0 Å². The highest BCUT2D eigenvalue weighted by Gasteiger charge is 2.29. The SMILES string of the molecule is CC(SCc1ccccc1)C(=O)NC1CCS(=O)(=O)C1. The summed E-state index contributed by atoms with van der Waals surface area (Å²) in [6, 6.07) is 9.76. The van der Waals surface area contributed by atoms with Crippen LogP contribution in [0.1, 0.15) is 18.9 Å². The number of amides is 1. The molecule has 2 unspecified atom stereocenters. The molecule has 1 saturated heterocycles. The molecule has 0 radical (unpaired) electrons. The number of nitrogens with one attached hydrogen (secondary N) is 1. The summed E-state index contributed by atoms with van der Waals surface area (Å²) in [7, 11) is -2.94. The first-order valence-electron chi connectivity index (χ1n) is 6.62. The molecule has 1 aliphatic heterocycles. The van der Waals surface area contributed by atoms with E-state index in [1.165, 1.54) is 5.56 Å². The van der Waals surface area contributed by atoms with Crippen LogP contribution in [-0.4, -0.2) is 37.1 Å². The number of hydrogen-bond acceptors (Lipinski definition) is 4. The molecule has 2 rings (SSSR count). The summed E-state index contributed by atoms with van der Waals surface area (Å²) in [4.78, 5) is 12.0. The second-order valence-corrected chi connectivity index (χ2v) is 8.61. The second kappa shape index (κ2) is 6.63. The maximum atomic E-state index is 12.0. The Morgan fingerprint density at radius 3 is 2.70 bits per heavy atom. The molecule has 20 heavy (non-hydrogen) atoms. The number of carbonyl (C=O) groups excluding carboxylic acids is 1. The number of thioether (sulfide) groups is 1. The zero-order valence-corrected chi connectivity index (χ0v) is 13.0. The fraction of sp³-hybridized carbons (Fsp3) is 0.500. The Labute approximate surface area is 124 Å². The molecule has 1 N–H and O–H groups in total. The van der Waals surface area contributed by atoms with Crippen molar-refractivity contribution >= 4 is 27.5 Å². The molecule has 110 valence electrons. The van der Waals surface area contributed by atoms with Crippen LogP contribution in [0.3, 0.4) is 0 Å². The summed E-state index contributed by atoms with van der Waals surface area (Å²) >= 11 is 1.56. The van der Waals surface area contributed by atoms with E-state index in [0.29, 0.717) is 6.42 Å². The number of sulfone groups is 1. The van der Waals surface area contributed by atoms with Gasteiger partial charge in [0.05, 0.1) is 16.8 Å². The highest BCUT2D eigenvalue weighted by atomic mass is 32.2. The van der Waals surface area contributed by atoms with E-state index in [2.05, 4.69) is 5.32 Å². The minimum atomic E-state index is -2.94. The predicted molar refractivity (Wildman–Crippen MR) is 82.4 cm³/mol. The second-order valence-electron chi connectivity index (χ2n) is 5.05. The lowest BCUT2D eigenvalue weighted by Crippen LogP contribution is -2.40. The van der Waals surface area contributed by atoms with E-state index >= 15 is 0 Å². The summed E-state index contributed by atoms with van der Waals surface area (Å²) in [6.45, 7) is 1.85. The van der Waals surface area contributed by atoms with Crippen molar-refractivity contribution in [2.24, 2.45) is 0 Å². The molecule has 1 amide bonds. The number of hydrogen-bond donors (Lipinski definition) is 1. The summed E-state index contributed by atoms with van der Waals surface area (Å²) in [5.41, 5.74) is 1.18. The normalized spacial score (nSPS) is 22.4. The van der Waals surface area contributed by atoms with Crippen molar-refractivity contribution in [3.05, 3.63) is 35.9 Å². The summed E-state index contributed by atoms with van der Waals surface area (Å²) in [5, 5.41) is 2.65. The van der Waals surface area contributed by atoms with Gasteiger partial charge >= 0.3 is 0 Å². The first-order valence-corrected chi connectivity index (χ1v) is 9.49. The molecule has 0 aliphatic carbocycles. The van der Waals surface area contributed by atoms with Gasteiger partial charge < -0.3 is 5.32 Å². The van der Waals surface area contributed by atoms with E-state index in [9.17, 15) is 13.2 Å². The number of rotatable bonds is 5. The van der Waals surface area contributed by atoms with Crippen LogP contribution < -0.4 is 5.32 Å². The van der Waals surface area contributed by atoms with E-state index in [4.69, 9.17) is 0 Å². The van der Waals surface area contributed by atoms with Crippen LogP contribution >= 0.6 is 11.8 Å². The van der Waals surface area contributed by atoms with Crippen molar-refractivity contribution in [1.29, 1.82) is 0 Å². The Morgan fingerprint density at radius 1 is 1.40 bits per heavy atom. The van der Waals surface area contributed by atoms with Gasteiger partial charge in [0.25, 0.3) is 0 Å². The molecule has 0 bridgehead atoms. The van der Waals surface area contributed by atoms with Crippen LogP contribution in [0.5, 0.6) is 0 Å². The van der Waals surface area contributed by atoms with Crippen LogP contribution in [0.2, 0.25) is 0 Å². The van der Waals surface area contributed by atoms with Gasteiger partial charge in [-0.1, -0.05) is 30.3 Å². The van der Waals surface area contributed by atoms with Crippen LogP contribution in [-0.2, 0) is 20.4 Å². The van der Waals surface area contributed by atoms with Crippen LogP contribution in [0.15, 0.2) is 30.3 Å². The van der Waals surface area contributed by atoms with E-state index in [-0.39, 0.29) is 28.7 Å². The van der Waals surface area contributed by atoms with E-state index in [1.807, 2.05) is 37.3 Å². The average molecular weight is 313 g/mol. The summed E-state index contributed by atoms with van der Waals surface area (Å²) in [5.74, 6) is 0.962. The molecule has 0 spiro atoms. The standard InChI is InChI=1S/C14H19NO3S2/c1-11(19-9-12-5-3-2-4-6-12)14(16)15-13-7-8-20(17,18)10-13/h2-6,11,13H,7-10H2,1H3,(H,15,16). The van der Waals surface area contributed by atoms with Gasteiger partial charge in [-0.3, -0.25) is 4.79 Å². The minimum absolute atomic E-state index is 0.0759. The van der Waals surface area contributed by atoms with Crippen molar-refractivity contribution in [1.82, 2.24) is 5.32 Å². The van der Waals surface area contributed by atoms with Gasteiger partial charge in [-0.05, 0) is 18.9 Å². The molecule has 0 aromatic heterocycles. The van der Waals surface area contributed by atoms with Crippen LogP contribution in [0.25, 0.3) is 0 Å². The van der Waals surface area contributed by atoms with Gasteiger partial charge in [0, 0.05) is 11.8 Å². The number of carbonyl (C=O) groups is 1. The van der Waals surface area contributed by atoms with Gasteiger partial charge in [0.15, 0.2) is 9.84 Å². The van der Waals surface area contributed by atoms with E-state index in [1.54, 1.807) is 11.8 Å². The van der Waals surface area contributed by atoms with Crippen molar-refractivity contribution < 1.29 is 13.2 Å². The van der Waals surface area contributed by atoms with Crippen LogP contribution in [0, 0.1) is 0 Å². The average Bonchev–Trinajstić information content (AvgIpc) is 2.76. The molecule has 6 heteroatoms. The zero-order chi connectivity index (χ0) is 14.6.